The first kappa shape index (κ1) is 21.4. The highest BCUT2D eigenvalue weighted by Crippen LogP contribution is 2.34. The number of allylic oxidation sites excluding steroid dienone is 2. The minimum absolute atomic E-state index is 0.558. The van der Waals surface area contributed by atoms with E-state index < -0.39 is 0 Å². The molecule has 0 saturated carbocycles. The summed E-state index contributed by atoms with van der Waals surface area (Å²) in [6.45, 7) is 0.558. The third-order valence-electron chi connectivity index (χ3n) is 5.19. The van der Waals surface area contributed by atoms with E-state index in [0.717, 1.165) is 11.1 Å². The Hall–Kier alpha value is -3.84. The number of nitrogens with zero attached hydrogens (tertiary/aromatic N) is 1. The van der Waals surface area contributed by atoms with E-state index in [2.05, 4.69) is 144 Å². The molecule has 0 saturated heterocycles. The van der Waals surface area contributed by atoms with Crippen molar-refractivity contribution < 1.29 is 0 Å². The van der Waals surface area contributed by atoms with Crippen LogP contribution >= 0.6 is 12.2 Å². The van der Waals surface area contributed by atoms with Crippen molar-refractivity contribution >= 4 is 40.7 Å². The second-order valence-electron chi connectivity index (χ2n) is 7.41. The van der Waals surface area contributed by atoms with Crippen LogP contribution in [-0.4, -0.2) is 5.16 Å². The molecule has 0 heterocycles. The number of hydrogen-bond donors (Lipinski definition) is 0. The summed E-state index contributed by atoms with van der Waals surface area (Å²) in [6.07, 6.45) is 4.51. The molecule has 0 aliphatic heterocycles. The molecule has 0 aromatic heterocycles. The van der Waals surface area contributed by atoms with Gasteiger partial charge in [0.2, 0.25) is 0 Å². The highest BCUT2D eigenvalue weighted by Gasteiger charge is 2.11. The van der Waals surface area contributed by atoms with Crippen LogP contribution in [0.1, 0.15) is 27.8 Å². The van der Waals surface area contributed by atoms with Crippen LogP contribution in [0.2, 0.25) is 0 Å². The molecule has 0 unspecified atom stereocenters. The Bertz CT molecular complexity index is 1250. The highest BCUT2D eigenvalue weighted by atomic mass is 32.1. The van der Waals surface area contributed by atoms with E-state index in [0.29, 0.717) is 6.54 Å². The van der Waals surface area contributed by atoms with Gasteiger partial charge < -0.3 is 0 Å². The minimum atomic E-state index is 0.558. The maximum absolute atomic E-state index is 4.68. The Morgan fingerprint density at radius 3 is 1.50 bits per heavy atom. The molecule has 2 heteroatoms. The van der Waals surface area contributed by atoms with Crippen LogP contribution in [0.15, 0.2) is 120 Å². The van der Waals surface area contributed by atoms with Crippen molar-refractivity contribution in [2.45, 2.75) is 6.54 Å². The van der Waals surface area contributed by atoms with Gasteiger partial charge in [0.25, 0.3) is 0 Å². The van der Waals surface area contributed by atoms with Gasteiger partial charge in [0, 0.05) is 0 Å². The van der Waals surface area contributed by atoms with Crippen LogP contribution in [0.25, 0.3) is 23.3 Å². The van der Waals surface area contributed by atoms with E-state index in [1.165, 1.54) is 27.8 Å². The van der Waals surface area contributed by atoms with E-state index in [9.17, 15) is 0 Å². The van der Waals surface area contributed by atoms with Gasteiger partial charge in [-0.05, 0) is 63.3 Å². The van der Waals surface area contributed by atoms with E-state index in [1.807, 2.05) is 6.07 Å². The molecule has 32 heavy (non-hydrogen) atoms. The molecule has 0 aliphatic carbocycles. The van der Waals surface area contributed by atoms with Crippen LogP contribution in [-0.2, 0) is 6.54 Å². The topological polar surface area (TPSA) is 12.4 Å². The normalized spacial score (nSPS) is 11.6. The molecule has 0 bridgehead atoms. The number of thiocarbonyl (C=S) groups is 1. The Labute approximate surface area is 195 Å². The summed E-state index contributed by atoms with van der Waals surface area (Å²) in [7, 11) is 0. The summed E-state index contributed by atoms with van der Waals surface area (Å²) in [5, 5.41) is 2.43. The molecule has 4 aromatic rings. The summed E-state index contributed by atoms with van der Waals surface area (Å²) >= 11 is 4.68. The van der Waals surface area contributed by atoms with Crippen LogP contribution < -0.4 is 0 Å². The number of hydrogen-bond acceptors (Lipinski definition) is 2. The van der Waals surface area contributed by atoms with Crippen LogP contribution in [0.5, 0.6) is 0 Å². The molecule has 0 fully saturated rings. The Balaban J connectivity index is 1.86. The molecule has 0 N–H and O–H groups in total. The summed E-state index contributed by atoms with van der Waals surface area (Å²) in [6, 6.07) is 40.0. The second-order valence-corrected chi connectivity index (χ2v) is 7.59. The van der Waals surface area contributed by atoms with E-state index in [4.69, 9.17) is 0 Å². The lowest BCUT2D eigenvalue weighted by atomic mass is 9.89. The maximum atomic E-state index is 4.68. The van der Waals surface area contributed by atoms with Gasteiger partial charge in [-0.2, -0.15) is 0 Å². The van der Waals surface area contributed by atoms with Crippen molar-refractivity contribution in [3.63, 3.8) is 0 Å². The molecule has 0 atom stereocenters. The van der Waals surface area contributed by atoms with Crippen LogP contribution in [0.4, 0.5) is 0 Å². The van der Waals surface area contributed by atoms with Crippen molar-refractivity contribution in [3.05, 3.63) is 143 Å². The number of rotatable bonds is 7. The molecule has 0 amide bonds. The van der Waals surface area contributed by atoms with Crippen molar-refractivity contribution in [2.75, 3.05) is 0 Å². The van der Waals surface area contributed by atoms with Crippen molar-refractivity contribution in [1.29, 1.82) is 0 Å². The Morgan fingerprint density at radius 1 is 0.594 bits per heavy atom. The molecule has 0 aliphatic rings. The maximum Gasteiger partial charge on any atom is 0.0743 e. The monoisotopic (exact) mass is 429 g/mol. The third kappa shape index (κ3) is 5.65. The molecule has 0 radical (unpaired) electrons. The van der Waals surface area contributed by atoms with Gasteiger partial charge in [-0.1, -0.05) is 115 Å². The SMILES string of the molecule is S=C=NCc1ccc(/C=C(/C(=C/c2ccccc2)c2ccccc2)c2ccccc2)cc1. The van der Waals surface area contributed by atoms with Crippen LogP contribution in [0.3, 0.4) is 0 Å². The zero-order valence-corrected chi connectivity index (χ0v) is 18.5. The van der Waals surface area contributed by atoms with Crippen molar-refractivity contribution in [2.24, 2.45) is 4.99 Å². The zero-order valence-electron chi connectivity index (χ0n) is 17.7. The third-order valence-corrected chi connectivity index (χ3v) is 5.32. The lowest BCUT2D eigenvalue weighted by Gasteiger charge is -2.15. The number of aliphatic imine (C=N–C) groups is 1. The predicted molar refractivity (Wildman–Crippen MR) is 140 cm³/mol. The largest absolute Gasteiger partial charge is 0.228 e. The first-order valence-electron chi connectivity index (χ1n) is 10.6. The van der Waals surface area contributed by atoms with Crippen molar-refractivity contribution in [1.82, 2.24) is 0 Å². The Morgan fingerprint density at radius 2 is 1.03 bits per heavy atom. The molecule has 4 rings (SSSR count). The van der Waals surface area contributed by atoms with Gasteiger partial charge in [0.1, 0.15) is 0 Å². The van der Waals surface area contributed by atoms with Crippen LogP contribution in [0, 0.1) is 0 Å². The summed E-state index contributed by atoms with van der Waals surface area (Å²) < 4.78 is 0. The van der Waals surface area contributed by atoms with E-state index in [-0.39, 0.29) is 0 Å². The minimum Gasteiger partial charge on any atom is -0.228 e. The van der Waals surface area contributed by atoms with Gasteiger partial charge >= 0.3 is 0 Å². The molecular weight excluding hydrogens is 406 g/mol. The first-order valence-corrected chi connectivity index (χ1v) is 11.0. The first-order chi connectivity index (χ1) is 15.8. The van der Waals surface area contributed by atoms with Gasteiger partial charge in [-0.3, -0.25) is 0 Å². The van der Waals surface area contributed by atoms with Crippen molar-refractivity contribution in [3.8, 4) is 0 Å². The standard InChI is InChI=1S/C30H23NS/c32-23-31-22-26-18-16-25(17-19-26)21-30(28-14-8-3-9-15-28)29(27-12-6-2-7-13-27)20-24-10-4-1-5-11-24/h1-21H,22H2/b29-20+,30-21+. The molecule has 0 spiro atoms. The average molecular weight is 430 g/mol. The average Bonchev–Trinajstić information content (AvgIpc) is 2.87. The fourth-order valence-electron chi connectivity index (χ4n) is 3.59. The molecular formula is C30H23NS. The number of benzene rings is 4. The lowest BCUT2D eigenvalue weighted by Crippen LogP contribution is -1.92. The second kappa shape index (κ2) is 11.0. The fraction of sp³-hybridized carbons (Fsp3) is 0.0333. The van der Waals surface area contributed by atoms with Gasteiger partial charge in [-0.15, -0.1) is 0 Å². The molecule has 1 nitrogen and oxygen atoms in total. The summed E-state index contributed by atoms with van der Waals surface area (Å²) in [4.78, 5) is 4.04. The fourth-order valence-corrected chi connectivity index (χ4v) is 3.66. The van der Waals surface area contributed by atoms with Gasteiger partial charge in [-0.25, -0.2) is 4.99 Å². The quantitative estimate of drug-likeness (QED) is 0.125. The smallest absolute Gasteiger partial charge is 0.0743 e. The molecule has 4 aromatic carbocycles. The lowest BCUT2D eigenvalue weighted by molar-refractivity contribution is 1.08. The summed E-state index contributed by atoms with van der Waals surface area (Å²) in [5.41, 5.74) is 8.12. The van der Waals surface area contributed by atoms with Gasteiger partial charge in [0.05, 0.1) is 11.7 Å². The molecule has 154 valence electrons. The van der Waals surface area contributed by atoms with E-state index in [1.54, 1.807) is 0 Å². The summed E-state index contributed by atoms with van der Waals surface area (Å²) in [5.74, 6) is 0. The van der Waals surface area contributed by atoms with Gasteiger partial charge in [0.15, 0.2) is 0 Å². The van der Waals surface area contributed by atoms with E-state index >= 15 is 0 Å². The zero-order chi connectivity index (χ0) is 22.0. The number of isothiocyanates is 1. The predicted octanol–water partition coefficient (Wildman–Crippen LogP) is 8.07. The highest BCUT2D eigenvalue weighted by molar-refractivity contribution is 7.78. The Kier molecular flexibility index (Phi) is 7.34.